The summed E-state index contributed by atoms with van der Waals surface area (Å²) in [5.41, 5.74) is 1.80. The Morgan fingerprint density at radius 2 is 1.90 bits per heavy atom. The van der Waals surface area contributed by atoms with Crippen LogP contribution in [0.25, 0.3) is 16.7 Å². The fourth-order valence-electron chi connectivity index (χ4n) is 3.56. The van der Waals surface area contributed by atoms with Crippen LogP contribution in [0.15, 0.2) is 42.5 Å². The van der Waals surface area contributed by atoms with Gasteiger partial charge in [0.25, 0.3) is 0 Å². The van der Waals surface area contributed by atoms with Crippen molar-refractivity contribution in [1.82, 2.24) is 9.55 Å². The molecule has 1 heterocycles. The van der Waals surface area contributed by atoms with Gasteiger partial charge in [-0.3, -0.25) is 14.7 Å². The number of ether oxygens (including phenoxy) is 1. The molecule has 31 heavy (non-hydrogen) atoms. The predicted molar refractivity (Wildman–Crippen MR) is 111 cm³/mol. The zero-order valence-corrected chi connectivity index (χ0v) is 16.2. The van der Waals surface area contributed by atoms with E-state index >= 15 is 0 Å². The zero-order valence-electron chi connectivity index (χ0n) is 16.2. The molecule has 9 heteroatoms. The lowest BCUT2D eigenvalue weighted by atomic mass is 9.78. The average Bonchev–Trinajstić information content (AvgIpc) is 2.96. The van der Waals surface area contributed by atoms with Gasteiger partial charge in [-0.2, -0.15) is 0 Å². The van der Waals surface area contributed by atoms with Crippen LogP contribution >= 0.6 is 0 Å². The maximum absolute atomic E-state index is 12.5. The predicted octanol–water partition coefficient (Wildman–Crippen LogP) is 5.11. The number of nitrogens with one attached hydrogen (secondary N) is 1. The number of anilines is 1. The first-order valence-corrected chi connectivity index (χ1v) is 9.49. The molecule has 6 nitrogen and oxygen atoms in total. The van der Waals surface area contributed by atoms with E-state index in [-0.39, 0.29) is 31.5 Å². The number of carbonyl (C=O) groups excluding carboxylic acids is 1. The lowest BCUT2D eigenvalue weighted by Gasteiger charge is -2.35. The van der Waals surface area contributed by atoms with Gasteiger partial charge in [0.1, 0.15) is 5.75 Å². The van der Waals surface area contributed by atoms with Gasteiger partial charge in [-0.05, 0) is 68.1 Å². The summed E-state index contributed by atoms with van der Waals surface area (Å²) in [6.07, 6.45) is -2.77. The van der Waals surface area contributed by atoms with Crippen molar-refractivity contribution in [3.63, 3.8) is 0 Å². The summed E-state index contributed by atoms with van der Waals surface area (Å²) in [6.45, 7) is 1.90. The molecule has 1 aromatic heterocycles. The molecule has 3 aromatic rings. The second-order valence-corrected chi connectivity index (χ2v) is 7.61. The van der Waals surface area contributed by atoms with Gasteiger partial charge in [-0.1, -0.05) is 13.5 Å². The minimum Gasteiger partial charge on any atom is -0.406 e. The fourth-order valence-corrected chi connectivity index (χ4v) is 3.56. The van der Waals surface area contributed by atoms with Crippen LogP contribution in [-0.4, -0.2) is 32.5 Å². The quantitative estimate of drug-likeness (QED) is 0.584. The molecule has 0 bridgehead atoms. The summed E-state index contributed by atoms with van der Waals surface area (Å²) >= 11 is 0. The number of amides is 1. The Morgan fingerprint density at radius 3 is 2.48 bits per heavy atom. The Hall–Kier alpha value is -3.07. The third-order valence-corrected chi connectivity index (χ3v) is 5.16. The Kier molecular flexibility index (Phi) is 6.00. The highest BCUT2D eigenvalue weighted by Gasteiger charge is 2.37. The highest BCUT2D eigenvalue weighted by Crippen LogP contribution is 2.35. The van der Waals surface area contributed by atoms with E-state index in [4.69, 9.17) is 0 Å². The number of aromatic nitrogens is 2. The normalized spacial score (nSPS) is 15.1. The average molecular weight is 435 g/mol. The molecule has 2 N–H and O–H groups in total. The van der Waals surface area contributed by atoms with Gasteiger partial charge in [0.05, 0.1) is 23.1 Å². The molecule has 1 aliphatic carbocycles. The molecule has 1 amide bonds. The number of hydrogen-bond acceptors (Lipinski definition) is 4. The van der Waals surface area contributed by atoms with Crippen molar-refractivity contribution < 1.29 is 27.8 Å². The van der Waals surface area contributed by atoms with E-state index in [0.717, 1.165) is 12.0 Å². The lowest BCUT2D eigenvalue weighted by Crippen LogP contribution is -2.40. The summed E-state index contributed by atoms with van der Waals surface area (Å²) in [5.74, 6) is -0.486. The number of alkyl halides is 3. The molecule has 0 radical (unpaired) electrons. The van der Waals surface area contributed by atoms with E-state index in [1.165, 1.54) is 24.3 Å². The maximum Gasteiger partial charge on any atom is 0.573 e. The van der Waals surface area contributed by atoms with Crippen LogP contribution in [0.3, 0.4) is 0 Å². The third kappa shape index (κ3) is 4.99. The molecule has 0 spiro atoms. The highest BCUT2D eigenvalue weighted by molar-refractivity contribution is 5.93. The molecule has 0 aliphatic heterocycles. The van der Waals surface area contributed by atoms with E-state index in [9.17, 15) is 23.1 Å². The third-order valence-electron chi connectivity index (χ3n) is 5.16. The first kappa shape index (κ1) is 22.6. The largest absolute Gasteiger partial charge is 0.573 e. The summed E-state index contributed by atoms with van der Waals surface area (Å²) in [7, 11) is 0. The first-order chi connectivity index (χ1) is 14.1. The molecule has 0 unspecified atom stereocenters. The van der Waals surface area contributed by atoms with Gasteiger partial charge >= 0.3 is 6.36 Å². The minimum absolute atomic E-state index is 0. The topological polar surface area (TPSA) is 76.4 Å². The van der Waals surface area contributed by atoms with Crippen LogP contribution in [0.2, 0.25) is 0 Å². The van der Waals surface area contributed by atoms with Gasteiger partial charge < -0.3 is 9.84 Å². The van der Waals surface area contributed by atoms with E-state index in [0.29, 0.717) is 29.6 Å². The van der Waals surface area contributed by atoms with E-state index in [1.807, 2.05) is 19.1 Å². The van der Waals surface area contributed by atoms with E-state index in [1.54, 1.807) is 10.6 Å². The minimum atomic E-state index is -4.78. The summed E-state index contributed by atoms with van der Waals surface area (Å²) < 4.78 is 42.9. The molecule has 2 aromatic carbocycles. The number of rotatable bonds is 5. The van der Waals surface area contributed by atoms with Gasteiger partial charge in [0, 0.05) is 5.69 Å². The highest BCUT2D eigenvalue weighted by atomic mass is 19.4. The van der Waals surface area contributed by atoms with Crippen molar-refractivity contribution >= 4 is 22.9 Å². The molecule has 1 fully saturated rings. The van der Waals surface area contributed by atoms with Crippen molar-refractivity contribution in [1.29, 1.82) is 0 Å². The van der Waals surface area contributed by atoms with Crippen LogP contribution in [0.1, 0.15) is 38.7 Å². The monoisotopic (exact) mass is 435 g/mol. The molecule has 1 aliphatic rings. The number of nitrogens with zero attached hydrogens (tertiary/aromatic N) is 2. The van der Waals surface area contributed by atoms with Crippen LogP contribution in [0.4, 0.5) is 19.1 Å². The van der Waals surface area contributed by atoms with Crippen LogP contribution in [0.5, 0.6) is 5.75 Å². The van der Waals surface area contributed by atoms with E-state index < -0.39 is 12.0 Å². The number of aliphatic hydroxyl groups is 1. The van der Waals surface area contributed by atoms with Crippen molar-refractivity contribution in [2.75, 3.05) is 5.32 Å². The Balaban J connectivity index is 0.00000272. The maximum atomic E-state index is 12.5. The fraction of sp³-hybridized carbons (Fsp3) is 0.364. The van der Waals surface area contributed by atoms with Crippen molar-refractivity contribution in [3.05, 3.63) is 48.0 Å². The second-order valence-electron chi connectivity index (χ2n) is 7.61. The number of imidazole rings is 1. The number of carbonyl (C=O) groups is 1. The SMILES string of the molecule is C.Cc1ccc2nc(NC(=O)CC3(O)CCC3)n(-c3ccc(OC(F)(F)F)cc3)c2c1. The molecule has 166 valence electrons. The molecule has 4 rings (SSSR count). The summed E-state index contributed by atoms with van der Waals surface area (Å²) in [6, 6.07) is 10.9. The standard InChI is InChI=1S/C21H20F3N3O3.CH4/c1-13-3-8-16-17(11-13)27(14-4-6-15(7-5-14)30-21(22,23)24)19(25-16)26-18(28)12-20(29)9-2-10-20;/h3-8,11,29H,2,9-10,12H2,1H3,(H,25,26,28);1H4. The number of hydrogen-bond donors (Lipinski definition) is 2. The van der Waals surface area contributed by atoms with Crippen molar-refractivity contribution in [2.24, 2.45) is 0 Å². The zero-order chi connectivity index (χ0) is 21.5. The van der Waals surface area contributed by atoms with Crippen LogP contribution in [0, 0.1) is 6.92 Å². The van der Waals surface area contributed by atoms with E-state index in [2.05, 4.69) is 15.0 Å². The first-order valence-electron chi connectivity index (χ1n) is 9.49. The molecule has 0 saturated heterocycles. The molecular weight excluding hydrogens is 411 g/mol. The van der Waals surface area contributed by atoms with Gasteiger partial charge in [0.15, 0.2) is 0 Å². The Bertz CT molecular complexity index is 1090. The summed E-state index contributed by atoms with van der Waals surface area (Å²) in [4.78, 5) is 17.0. The Morgan fingerprint density at radius 1 is 1.23 bits per heavy atom. The van der Waals surface area contributed by atoms with Gasteiger partial charge in [-0.25, -0.2) is 4.98 Å². The van der Waals surface area contributed by atoms with Crippen molar-refractivity contribution in [3.8, 4) is 11.4 Å². The number of halogens is 3. The molecule has 0 atom stereocenters. The van der Waals surface area contributed by atoms with Crippen LogP contribution < -0.4 is 10.1 Å². The number of aryl methyl sites for hydroxylation is 1. The lowest BCUT2D eigenvalue weighted by molar-refractivity contribution is -0.274. The number of fused-ring (bicyclic) bond motifs is 1. The molecule has 1 saturated carbocycles. The smallest absolute Gasteiger partial charge is 0.406 e. The van der Waals surface area contributed by atoms with Gasteiger partial charge in [0.2, 0.25) is 11.9 Å². The van der Waals surface area contributed by atoms with Crippen LogP contribution in [-0.2, 0) is 4.79 Å². The number of benzene rings is 2. The van der Waals surface area contributed by atoms with Gasteiger partial charge in [-0.15, -0.1) is 13.2 Å². The molecular formula is C22H24F3N3O3. The Labute approximate surface area is 177 Å². The summed E-state index contributed by atoms with van der Waals surface area (Å²) in [5, 5.41) is 13.0. The second kappa shape index (κ2) is 8.22. The van der Waals surface area contributed by atoms with Crippen molar-refractivity contribution in [2.45, 2.75) is 52.0 Å².